The topological polar surface area (TPSA) is 65.2 Å². The van der Waals surface area contributed by atoms with Crippen molar-refractivity contribution in [3.05, 3.63) is 83.9 Å². The summed E-state index contributed by atoms with van der Waals surface area (Å²) in [5.74, 6) is 2.30. The molecule has 6 heteroatoms. The zero-order valence-electron chi connectivity index (χ0n) is 39.0. The molecule has 2 aromatic carbocycles. The maximum Gasteiger partial charge on any atom is 0.253 e. The van der Waals surface area contributed by atoms with E-state index in [1.54, 1.807) is 0 Å². The predicted octanol–water partition coefficient (Wildman–Crippen LogP) is 13.7. The molecule has 0 radical (unpaired) electrons. The summed E-state index contributed by atoms with van der Waals surface area (Å²) in [5.41, 5.74) is 2.45. The van der Waals surface area contributed by atoms with Crippen molar-refractivity contribution in [3.63, 3.8) is 0 Å². The molecule has 2 N–H and O–H groups in total. The standard InChI is InChI=1S/C54H90N4O2/c1-4-6-8-10-12-14-16-17-18-19-20-21-23-25-27-35-41-52-56-43-45-58(52,47-50-38-32-29-33-39-50)54(60)53(48(3)59)57(46-49-36-30-28-31-37-49)44-42-55-51(57)40-34-26-24-22-15-13-11-9-7-5-2/h17-18,28-33,36-39,48,53-54,59-60H,4-16,19-27,34-35,40-47H2,1-3H3/q+2/b18-17-. The Balaban J connectivity index is 1.40. The molecule has 5 unspecified atom stereocenters. The van der Waals surface area contributed by atoms with Crippen LogP contribution in [0.4, 0.5) is 0 Å². The van der Waals surface area contributed by atoms with Crippen molar-refractivity contribution in [1.29, 1.82) is 0 Å². The SMILES string of the molecule is CCCCCCCC/C=C\CCCCCCCCC1=NCC[N+]1(Cc1ccccc1)C(O)C(C(C)O)[N+]1(Cc2ccccc2)CCN=C1CCCCCCCCCCCC. The quantitative estimate of drug-likeness (QED) is 0.0413. The molecule has 0 bridgehead atoms. The molecule has 5 atom stereocenters. The molecule has 2 aromatic rings. The monoisotopic (exact) mass is 827 g/mol. The predicted molar refractivity (Wildman–Crippen MR) is 257 cm³/mol. The molecule has 60 heavy (non-hydrogen) atoms. The van der Waals surface area contributed by atoms with Gasteiger partial charge in [-0.1, -0.05) is 202 Å². The van der Waals surface area contributed by atoms with E-state index >= 15 is 0 Å². The summed E-state index contributed by atoms with van der Waals surface area (Å²) in [5, 5.41) is 25.2. The fourth-order valence-electron chi connectivity index (χ4n) is 10.3. The van der Waals surface area contributed by atoms with Crippen LogP contribution in [0.15, 0.2) is 82.8 Å². The number of hydrogen-bond acceptors (Lipinski definition) is 4. The lowest BCUT2D eigenvalue weighted by molar-refractivity contribution is -0.964. The molecule has 0 aliphatic carbocycles. The summed E-state index contributed by atoms with van der Waals surface area (Å²) in [4.78, 5) is 10.5. The maximum absolute atomic E-state index is 13.2. The molecule has 0 saturated carbocycles. The Labute approximate surface area is 368 Å². The van der Waals surface area contributed by atoms with Crippen LogP contribution in [-0.4, -0.2) is 75.4 Å². The number of nitrogens with zero attached hydrogens (tertiary/aromatic N) is 4. The molecule has 0 saturated heterocycles. The lowest BCUT2D eigenvalue weighted by atomic mass is 9.96. The molecular formula is C54H90N4O2+2. The van der Waals surface area contributed by atoms with Gasteiger partial charge >= 0.3 is 0 Å². The summed E-state index contributed by atoms with van der Waals surface area (Å²) in [6, 6.07) is 21.0. The Morgan fingerprint density at radius 3 is 1.30 bits per heavy atom. The van der Waals surface area contributed by atoms with Crippen molar-refractivity contribution >= 4 is 11.7 Å². The minimum Gasteiger partial charge on any atom is -0.387 e. The number of aliphatic hydroxyl groups excluding tert-OH is 2. The summed E-state index contributed by atoms with van der Waals surface area (Å²) in [6.45, 7) is 10.9. The van der Waals surface area contributed by atoms with E-state index in [0.717, 1.165) is 64.2 Å². The molecular weight excluding hydrogens is 737 g/mol. The number of quaternary nitrogens is 2. The smallest absolute Gasteiger partial charge is 0.253 e. The van der Waals surface area contributed by atoms with Crippen molar-refractivity contribution in [2.45, 2.75) is 219 Å². The third kappa shape index (κ3) is 16.6. The zero-order valence-corrected chi connectivity index (χ0v) is 39.0. The Bertz CT molecular complexity index is 1480. The number of unbranched alkanes of at least 4 members (excludes halogenated alkanes) is 21. The minimum absolute atomic E-state index is 0.422. The lowest BCUT2D eigenvalue weighted by Gasteiger charge is -2.49. The van der Waals surface area contributed by atoms with Gasteiger partial charge in [0.15, 0.2) is 5.84 Å². The highest BCUT2D eigenvalue weighted by Crippen LogP contribution is 2.37. The van der Waals surface area contributed by atoms with Gasteiger partial charge in [-0.25, -0.2) is 14.5 Å². The van der Waals surface area contributed by atoms with Crippen molar-refractivity contribution < 1.29 is 19.2 Å². The minimum atomic E-state index is -0.819. The maximum atomic E-state index is 13.2. The Hall–Kier alpha value is -2.64. The third-order valence-electron chi connectivity index (χ3n) is 13.8. The molecule has 2 aliphatic rings. The normalized spacial score (nSPS) is 20.8. The lowest BCUT2D eigenvalue weighted by Crippen LogP contribution is -2.73. The van der Waals surface area contributed by atoms with Crippen LogP contribution >= 0.6 is 0 Å². The van der Waals surface area contributed by atoms with Gasteiger partial charge in [-0.05, 0) is 45.4 Å². The van der Waals surface area contributed by atoms with Crippen molar-refractivity contribution in [2.24, 2.45) is 9.98 Å². The molecule has 2 heterocycles. The van der Waals surface area contributed by atoms with Gasteiger partial charge in [0.05, 0.1) is 13.1 Å². The highest BCUT2D eigenvalue weighted by Gasteiger charge is 2.59. The molecule has 336 valence electrons. The van der Waals surface area contributed by atoms with Crippen LogP contribution in [0.25, 0.3) is 0 Å². The number of allylic oxidation sites excluding steroid dienone is 2. The molecule has 4 rings (SSSR count). The number of amidine groups is 2. The van der Waals surface area contributed by atoms with Gasteiger partial charge in [-0.15, -0.1) is 0 Å². The molecule has 0 spiro atoms. The van der Waals surface area contributed by atoms with Crippen molar-refractivity contribution in [1.82, 2.24) is 0 Å². The molecule has 2 aliphatic heterocycles. The Morgan fingerprint density at radius 1 is 0.500 bits per heavy atom. The van der Waals surface area contributed by atoms with Crippen molar-refractivity contribution in [3.8, 4) is 0 Å². The summed E-state index contributed by atoms with van der Waals surface area (Å²) in [6.07, 6.45) is 36.3. The summed E-state index contributed by atoms with van der Waals surface area (Å²) in [7, 11) is 0. The first-order valence-electron chi connectivity index (χ1n) is 25.4. The van der Waals surface area contributed by atoms with E-state index in [-0.39, 0.29) is 0 Å². The van der Waals surface area contributed by atoms with Gasteiger partial charge in [-0.2, -0.15) is 0 Å². The van der Waals surface area contributed by atoms with Crippen LogP contribution in [0.2, 0.25) is 0 Å². The van der Waals surface area contributed by atoms with Crippen LogP contribution in [0.3, 0.4) is 0 Å². The molecule has 0 fully saturated rings. The third-order valence-corrected chi connectivity index (χ3v) is 13.8. The first-order chi connectivity index (χ1) is 29.5. The first kappa shape index (κ1) is 50.0. The summed E-state index contributed by atoms with van der Waals surface area (Å²) >= 11 is 0. The van der Waals surface area contributed by atoms with Gasteiger partial charge in [0, 0.05) is 24.0 Å². The Morgan fingerprint density at radius 2 is 0.867 bits per heavy atom. The fourth-order valence-corrected chi connectivity index (χ4v) is 10.3. The van der Waals surface area contributed by atoms with Crippen molar-refractivity contribution in [2.75, 3.05) is 26.2 Å². The van der Waals surface area contributed by atoms with E-state index in [1.165, 1.54) is 158 Å². The number of benzene rings is 2. The number of hydrogen-bond donors (Lipinski definition) is 2. The van der Waals surface area contributed by atoms with Gasteiger partial charge in [0.1, 0.15) is 32.3 Å². The van der Waals surface area contributed by atoms with Gasteiger partial charge in [0.25, 0.3) is 6.23 Å². The second kappa shape index (κ2) is 29.6. The summed E-state index contributed by atoms with van der Waals surface area (Å²) < 4.78 is 0.960. The highest BCUT2D eigenvalue weighted by molar-refractivity contribution is 5.78. The second-order valence-electron chi connectivity index (χ2n) is 18.7. The number of rotatable bonds is 35. The van der Waals surface area contributed by atoms with Crippen LogP contribution in [-0.2, 0) is 13.1 Å². The van der Waals surface area contributed by atoms with Crippen LogP contribution < -0.4 is 0 Å². The van der Waals surface area contributed by atoms with Gasteiger partial charge in [-0.3, -0.25) is 4.48 Å². The molecule has 6 nitrogen and oxygen atoms in total. The molecule has 0 aromatic heterocycles. The average molecular weight is 827 g/mol. The first-order valence-corrected chi connectivity index (χ1v) is 25.4. The Kier molecular flexibility index (Phi) is 24.7. The zero-order chi connectivity index (χ0) is 42.6. The van der Waals surface area contributed by atoms with E-state index in [9.17, 15) is 10.2 Å². The highest BCUT2D eigenvalue weighted by atomic mass is 16.3. The van der Waals surface area contributed by atoms with E-state index in [4.69, 9.17) is 9.98 Å². The van der Waals surface area contributed by atoms with E-state index in [0.29, 0.717) is 15.5 Å². The largest absolute Gasteiger partial charge is 0.387 e. The number of aliphatic hydroxyl groups is 2. The fraction of sp³-hybridized carbons (Fsp3) is 0.704. The number of aliphatic imine (C=N–C) groups is 2. The second-order valence-corrected chi connectivity index (χ2v) is 18.7. The van der Waals surface area contributed by atoms with Gasteiger partial charge < -0.3 is 10.2 Å². The van der Waals surface area contributed by atoms with Crippen LogP contribution in [0.1, 0.15) is 199 Å². The van der Waals surface area contributed by atoms with E-state index in [2.05, 4.69) is 86.7 Å². The van der Waals surface area contributed by atoms with Gasteiger partial charge in [0.2, 0.25) is 11.9 Å². The average Bonchev–Trinajstić information content (AvgIpc) is 3.85. The van der Waals surface area contributed by atoms with E-state index in [1.807, 2.05) is 6.92 Å². The van der Waals surface area contributed by atoms with Crippen LogP contribution in [0, 0.1) is 0 Å². The van der Waals surface area contributed by atoms with E-state index < -0.39 is 18.4 Å². The van der Waals surface area contributed by atoms with Crippen LogP contribution in [0.5, 0.6) is 0 Å². The molecule has 0 amide bonds.